The molecule has 0 atom stereocenters. The van der Waals surface area contributed by atoms with E-state index in [0.717, 1.165) is 0 Å². The molecule has 0 aromatic heterocycles. The van der Waals surface area contributed by atoms with Gasteiger partial charge in [0, 0.05) is 0 Å². The number of hydrogen-bond acceptors (Lipinski definition) is 5. The summed E-state index contributed by atoms with van der Waals surface area (Å²) in [5.74, 6) is -1.05. The molecular formula is C12H17N3O4S. The predicted molar refractivity (Wildman–Crippen MR) is 74.9 cm³/mol. The van der Waals surface area contributed by atoms with Crippen LogP contribution in [0.15, 0.2) is 29.2 Å². The van der Waals surface area contributed by atoms with E-state index in [1.54, 1.807) is 12.1 Å². The average molecular weight is 299 g/mol. The molecule has 0 aliphatic carbocycles. The fourth-order valence-corrected chi connectivity index (χ4v) is 2.49. The number of amides is 2. The molecule has 2 amide bonds. The van der Waals surface area contributed by atoms with Crippen LogP contribution in [0.4, 0.5) is 5.69 Å². The van der Waals surface area contributed by atoms with E-state index < -0.39 is 21.7 Å². The molecule has 0 saturated heterocycles. The van der Waals surface area contributed by atoms with Gasteiger partial charge in [0.15, 0.2) is 9.84 Å². The standard InChI is InChI=1S/C12H17N3O4S/c1-2-20(18,19)10-6-4-3-5-9(10)15-12(17)8-14-11(16)7-13/h3-6H,2,7-8,13H2,1H3,(H,14,16)(H,15,17). The molecule has 0 aliphatic heterocycles. The van der Waals surface area contributed by atoms with Crippen molar-refractivity contribution >= 4 is 27.3 Å². The molecule has 0 radical (unpaired) electrons. The minimum absolute atomic E-state index is 0.0565. The van der Waals surface area contributed by atoms with Gasteiger partial charge in [0.25, 0.3) is 0 Å². The second-order valence-corrected chi connectivity index (χ2v) is 6.18. The fraction of sp³-hybridized carbons (Fsp3) is 0.333. The lowest BCUT2D eigenvalue weighted by Crippen LogP contribution is -2.36. The maximum atomic E-state index is 11.9. The summed E-state index contributed by atoms with van der Waals surface area (Å²) in [6.07, 6.45) is 0. The SMILES string of the molecule is CCS(=O)(=O)c1ccccc1NC(=O)CNC(=O)CN. The molecular weight excluding hydrogens is 282 g/mol. The van der Waals surface area contributed by atoms with Crippen molar-refractivity contribution in [1.82, 2.24) is 5.32 Å². The van der Waals surface area contributed by atoms with E-state index in [1.165, 1.54) is 19.1 Å². The van der Waals surface area contributed by atoms with Crippen LogP contribution in [0, 0.1) is 0 Å². The van der Waals surface area contributed by atoms with Gasteiger partial charge in [-0.1, -0.05) is 19.1 Å². The van der Waals surface area contributed by atoms with Crippen LogP contribution in [-0.2, 0) is 19.4 Å². The molecule has 1 aromatic rings. The number of rotatable bonds is 6. The zero-order chi connectivity index (χ0) is 15.2. The fourth-order valence-electron chi connectivity index (χ4n) is 1.44. The zero-order valence-corrected chi connectivity index (χ0v) is 11.9. The van der Waals surface area contributed by atoms with Gasteiger partial charge in [0.05, 0.1) is 29.4 Å². The van der Waals surface area contributed by atoms with Crippen LogP contribution in [0.2, 0.25) is 0 Å². The highest BCUT2D eigenvalue weighted by molar-refractivity contribution is 7.91. The van der Waals surface area contributed by atoms with Crippen molar-refractivity contribution in [2.45, 2.75) is 11.8 Å². The van der Waals surface area contributed by atoms with Gasteiger partial charge < -0.3 is 16.4 Å². The van der Waals surface area contributed by atoms with E-state index in [2.05, 4.69) is 10.6 Å². The van der Waals surface area contributed by atoms with Crippen molar-refractivity contribution in [2.75, 3.05) is 24.2 Å². The molecule has 1 rings (SSSR count). The van der Waals surface area contributed by atoms with E-state index in [1.807, 2.05) is 0 Å². The maximum absolute atomic E-state index is 11.9. The lowest BCUT2D eigenvalue weighted by atomic mass is 10.3. The summed E-state index contributed by atoms with van der Waals surface area (Å²) in [6.45, 7) is 1.04. The van der Waals surface area contributed by atoms with Crippen LogP contribution in [0.25, 0.3) is 0 Å². The molecule has 1 aromatic carbocycles. The molecule has 0 heterocycles. The molecule has 0 aliphatic rings. The summed E-state index contributed by atoms with van der Waals surface area (Å²) in [5.41, 5.74) is 5.28. The van der Waals surface area contributed by atoms with Gasteiger partial charge >= 0.3 is 0 Å². The first-order chi connectivity index (χ1) is 9.40. The number of anilines is 1. The van der Waals surface area contributed by atoms with Crippen molar-refractivity contribution in [3.63, 3.8) is 0 Å². The van der Waals surface area contributed by atoms with E-state index in [4.69, 9.17) is 5.73 Å². The molecule has 110 valence electrons. The Balaban J connectivity index is 2.83. The first kappa shape index (κ1) is 16.1. The van der Waals surface area contributed by atoms with Crippen LogP contribution >= 0.6 is 0 Å². The monoisotopic (exact) mass is 299 g/mol. The largest absolute Gasteiger partial charge is 0.346 e. The van der Waals surface area contributed by atoms with Crippen molar-refractivity contribution < 1.29 is 18.0 Å². The summed E-state index contributed by atoms with van der Waals surface area (Å²) < 4.78 is 23.8. The number of nitrogens with one attached hydrogen (secondary N) is 2. The molecule has 0 fully saturated rings. The lowest BCUT2D eigenvalue weighted by molar-refractivity contribution is -0.123. The Morgan fingerprint density at radius 2 is 1.85 bits per heavy atom. The highest BCUT2D eigenvalue weighted by Crippen LogP contribution is 2.21. The van der Waals surface area contributed by atoms with Crippen LogP contribution in [0.1, 0.15) is 6.92 Å². The molecule has 7 nitrogen and oxygen atoms in total. The third kappa shape index (κ3) is 4.32. The van der Waals surface area contributed by atoms with E-state index in [-0.39, 0.29) is 29.4 Å². The molecule has 0 spiro atoms. The van der Waals surface area contributed by atoms with Crippen LogP contribution in [0.5, 0.6) is 0 Å². The maximum Gasteiger partial charge on any atom is 0.243 e. The third-order valence-electron chi connectivity index (χ3n) is 2.51. The molecule has 4 N–H and O–H groups in total. The van der Waals surface area contributed by atoms with Gasteiger partial charge in [-0.05, 0) is 12.1 Å². The van der Waals surface area contributed by atoms with Crippen molar-refractivity contribution in [2.24, 2.45) is 5.73 Å². The van der Waals surface area contributed by atoms with Crippen molar-refractivity contribution in [3.05, 3.63) is 24.3 Å². The number of nitrogens with two attached hydrogens (primary N) is 1. The number of para-hydroxylation sites is 1. The first-order valence-corrected chi connectivity index (χ1v) is 7.64. The molecule has 8 heteroatoms. The highest BCUT2D eigenvalue weighted by Gasteiger charge is 2.17. The van der Waals surface area contributed by atoms with Crippen LogP contribution in [0.3, 0.4) is 0 Å². The van der Waals surface area contributed by atoms with Gasteiger partial charge in [-0.3, -0.25) is 9.59 Å². The molecule has 20 heavy (non-hydrogen) atoms. The Morgan fingerprint density at radius 3 is 2.45 bits per heavy atom. The Bertz CT molecular complexity index is 598. The Morgan fingerprint density at radius 1 is 1.20 bits per heavy atom. The lowest BCUT2D eigenvalue weighted by Gasteiger charge is -2.11. The molecule has 0 unspecified atom stereocenters. The smallest absolute Gasteiger partial charge is 0.243 e. The minimum Gasteiger partial charge on any atom is -0.346 e. The van der Waals surface area contributed by atoms with E-state index >= 15 is 0 Å². The third-order valence-corrected chi connectivity index (χ3v) is 4.29. The van der Waals surface area contributed by atoms with Gasteiger partial charge in [-0.2, -0.15) is 0 Å². The highest BCUT2D eigenvalue weighted by atomic mass is 32.2. The number of carbonyl (C=O) groups is 2. The summed E-state index contributed by atoms with van der Waals surface area (Å²) in [5, 5.41) is 4.76. The van der Waals surface area contributed by atoms with Gasteiger partial charge in [0.2, 0.25) is 11.8 Å². The molecule has 0 bridgehead atoms. The van der Waals surface area contributed by atoms with Gasteiger partial charge in [0.1, 0.15) is 0 Å². The number of benzene rings is 1. The summed E-state index contributed by atoms with van der Waals surface area (Å²) in [6, 6.07) is 6.11. The minimum atomic E-state index is -3.43. The summed E-state index contributed by atoms with van der Waals surface area (Å²) in [4.78, 5) is 22.6. The number of hydrogen-bond donors (Lipinski definition) is 3. The van der Waals surface area contributed by atoms with Crippen LogP contribution < -0.4 is 16.4 Å². The average Bonchev–Trinajstić information content (AvgIpc) is 2.45. The number of carbonyl (C=O) groups excluding carboxylic acids is 2. The second-order valence-electron chi connectivity index (χ2n) is 3.93. The van der Waals surface area contributed by atoms with Crippen LogP contribution in [-0.4, -0.2) is 39.1 Å². The predicted octanol–water partition coefficient (Wildman–Crippen LogP) is -0.506. The zero-order valence-electron chi connectivity index (χ0n) is 11.0. The summed E-state index contributed by atoms with van der Waals surface area (Å²) in [7, 11) is -3.43. The quantitative estimate of drug-likeness (QED) is 0.654. The number of sulfone groups is 1. The first-order valence-electron chi connectivity index (χ1n) is 5.99. The topological polar surface area (TPSA) is 118 Å². The Labute approximate surface area is 117 Å². The van der Waals surface area contributed by atoms with Gasteiger partial charge in [-0.25, -0.2) is 8.42 Å². The Hall–Kier alpha value is -1.93. The Kier molecular flexibility index (Phi) is 5.66. The van der Waals surface area contributed by atoms with Crippen molar-refractivity contribution in [3.8, 4) is 0 Å². The normalized spacial score (nSPS) is 10.9. The second kappa shape index (κ2) is 7.01. The van der Waals surface area contributed by atoms with Gasteiger partial charge in [-0.15, -0.1) is 0 Å². The van der Waals surface area contributed by atoms with E-state index in [9.17, 15) is 18.0 Å². The molecule has 0 saturated carbocycles. The van der Waals surface area contributed by atoms with E-state index in [0.29, 0.717) is 0 Å². The summed E-state index contributed by atoms with van der Waals surface area (Å²) >= 11 is 0. The van der Waals surface area contributed by atoms with Crippen molar-refractivity contribution in [1.29, 1.82) is 0 Å².